The predicted octanol–water partition coefficient (Wildman–Crippen LogP) is 4.99. The van der Waals surface area contributed by atoms with E-state index in [1.54, 1.807) is 11.6 Å². The molecule has 3 aromatic carbocycles. The van der Waals surface area contributed by atoms with Gasteiger partial charge in [-0.3, -0.25) is 14.9 Å². The molecule has 2 heterocycles. The van der Waals surface area contributed by atoms with Crippen molar-refractivity contribution in [2.45, 2.75) is 37.9 Å². The third-order valence-corrected chi connectivity index (χ3v) is 7.09. The highest BCUT2D eigenvalue weighted by Crippen LogP contribution is 2.39. The van der Waals surface area contributed by atoms with Gasteiger partial charge in [0.15, 0.2) is 0 Å². The number of carbonyl (C=O) groups excluding carboxylic acids is 1. The smallest absolute Gasteiger partial charge is 0.267 e. The van der Waals surface area contributed by atoms with Crippen LogP contribution in [0.1, 0.15) is 41.5 Å². The number of piperidine rings is 1. The predicted molar refractivity (Wildman–Crippen MR) is 147 cm³/mol. The van der Waals surface area contributed by atoms with E-state index in [1.165, 1.54) is 11.6 Å². The van der Waals surface area contributed by atoms with Crippen molar-refractivity contribution in [1.29, 1.82) is 0 Å². The molecule has 7 heteroatoms. The van der Waals surface area contributed by atoms with E-state index in [9.17, 15) is 4.79 Å². The first-order valence-electron chi connectivity index (χ1n) is 13.1. The van der Waals surface area contributed by atoms with Crippen molar-refractivity contribution in [2.75, 3.05) is 19.6 Å². The molecule has 1 fully saturated rings. The Morgan fingerprint density at radius 2 is 1.84 bits per heavy atom. The van der Waals surface area contributed by atoms with Gasteiger partial charge in [-0.25, -0.2) is 5.48 Å². The number of hydrogen-bond acceptors (Lipinski definition) is 6. The van der Waals surface area contributed by atoms with Gasteiger partial charge in [0.05, 0.1) is 5.71 Å². The standard InChI is InChI=1S/C31H33N3O4/c35-30(32-36)15-13-25-12-14-29-27(20-25)28(33-37-22-26-10-5-2-6-11-26)21-31(38-29)17-7-18-34(23-31)19-16-24-8-3-1-4-9-24/h1-6,8-15,20,36H,7,16-19,21-23H2,(H,32,35)/b15-13+,33-28-. The molecule has 0 radical (unpaired) electrons. The van der Waals surface area contributed by atoms with Crippen LogP contribution in [0.15, 0.2) is 90.1 Å². The minimum atomic E-state index is -0.587. The SMILES string of the molecule is O=C(/C=C/c1ccc2c(c1)/C(=N\OCc1ccccc1)CC1(CCCN(CCc3ccccc3)C1)O2)NO. The molecule has 0 aromatic heterocycles. The maximum Gasteiger partial charge on any atom is 0.267 e. The molecule has 2 aliphatic heterocycles. The van der Waals surface area contributed by atoms with Crippen LogP contribution in [0.5, 0.6) is 5.75 Å². The number of oxime groups is 1. The van der Waals surface area contributed by atoms with E-state index in [0.717, 1.165) is 67.0 Å². The summed E-state index contributed by atoms with van der Waals surface area (Å²) in [6, 6.07) is 26.3. The van der Waals surface area contributed by atoms with Gasteiger partial charge in [-0.05, 0) is 60.7 Å². The first-order chi connectivity index (χ1) is 18.6. The van der Waals surface area contributed by atoms with Crippen LogP contribution in [-0.2, 0) is 22.7 Å². The summed E-state index contributed by atoms with van der Waals surface area (Å²) < 4.78 is 6.72. The Morgan fingerprint density at radius 3 is 2.61 bits per heavy atom. The third kappa shape index (κ3) is 6.49. The number of amides is 1. The summed E-state index contributed by atoms with van der Waals surface area (Å²) in [5.41, 5.74) is 6.14. The van der Waals surface area contributed by atoms with Gasteiger partial charge in [0.25, 0.3) is 5.91 Å². The summed E-state index contributed by atoms with van der Waals surface area (Å²) in [5, 5.41) is 13.4. The van der Waals surface area contributed by atoms with Crippen LogP contribution in [-0.4, -0.2) is 47.0 Å². The molecule has 1 unspecified atom stereocenters. The van der Waals surface area contributed by atoms with Gasteiger partial charge >= 0.3 is 0 Å². The van der Waals surface area contributed by atoms with Crippen molar-refractivity contribution in [1.82, 2.24) is 10.4 Å². The van der Waals surface area contributed by atoms with E-state index >= 15 is 0 Å². The fourth-order valence-electron chi connectivity index (χ4n) is 5.23. The largest absolute Gasteiger partial charge is 0.485 e. The van der Waals surface area contributed by atoms with Crippen molar-refractivity contribution < 1.29 is 19.6 Å². The Bertz CT molecular complexity index is 1290. The molecule has 1 spiro atoms. The molecule has 0 bridgehead atoms. The number of rotatable bonds is 8. The maximum atomic E-state index is 11.5. The Labute approximate surface area is 223 Å². The Balaban J connectivity index is 1.37. The zero-order valence-electron chi connectivity index (χ0n) is 21.4. The second-order valence-electron chi connectivity index (χ2n) is 9.94. The van der Waals surface area contributed by atoms with Gasteiger partial charge in [-0.2, -0.15) is 0 Å². The third-order valence-electron chi connectivity index (χ3n) is 7.09. The van der Waals surface area contributed by atoms with Crippen LogP contribution >= 0.6 is 0 Å². The monoisotopic (exact) mass is 511 g/mol. The van der Waals surface area contributed by atoms with Crippen LogP contribution < -0.4 is 10.2 Å². The Morgan fingerprint density at radius 1 is 1.08 bits per heavy atom. The van der Waals surface area contributed by atoms with E-state index in [1.807, 2.05) is 48.5 Å². The number of fused-ring (bicyclic) bond motifs is 1. The minimum Gasteiger partial charge on any atom is -0.485 e. The molecule has 1 amide bonds. The van der Waals surface area contributed by atoms with Gasteiger partial charge in [0, 0.05) is 31.1 Å². The van der Waals surface area contributed by atoms with Crippen molar-refractivity contribution in [3.05, 3.63) is 107 Å². The summed E-state index contributed by atoms with van der Waals surface area (Å²) in [7, 11) is 0. The maximum absolute atomic E-state index is 11.5. The number of ether oxygens (including phenoxy) is 1. The van der Waals surface area contributed by atoms with E-state index in [-0.39, 0.29) is 5.60 Å². The summed E-state index contributed by atoms with van der Waals surface area (Å²) >= 11 is 0. The lowest BCUT2D eigenvalue weighted by Gasteiger charge is -2.45. The Kier molecular flexibility index (Phi) is 8.16. The number of nitrogens with one attached hydrogen (secondary N) is 1. The molecular formula is C31H33N3O4. The minimum absolute atomic E-state index is 0.370. The molecule has 3 aromatic rings. The van der Waals surface area contributed by atoms with Crippen LogP contribution in [0.2, 0.25) is 0 Å². The van der Waals surface area contributed by atoms with Gasteiger partial charge in [-0.15, -0.1) is 0 Å². The van der Waals surface area contributed by atoms with Crippen LogP contribution in [0, 0.1) is 0 Å². The van der Waals surface area contributed by atoms with E-state index in [4.69, 9.17) is 14.8 Å². The molecular weight excluding hydrogens is 478 g/mol. The summed E-state index contributed by atoms with van der Waals surface area (Å²) in [4.78, 5) is 19.8. The second-order valence-corrected chi connectivity index (χ2v) is 9.94. The number of hydrogen-bond donors (Lipinski definition) is 2. The van der Waals surface area contributed by atoms with E-state index in [0.29, 0.717) is 13.0 Å². The molecule has 2 N–H and O–H groups in total. The summed E-state index contributed by atoms with van der Waals surface area (Å²) in [6.45, 7) is 3.25. The van der Waals surface area contributed by atoms with Crippen molar-refractivity contribution >= 4 is 17.7 Å². The second kappa shape index (κ2) is 12.1. The average Bonchev–Trinajstić information content (AvgIpc) is 2.96. The molecule has 1 atom stereocenters. The van der Waals surface area contributed by atoms with Crippen molar-refractivity contribution in [2.24, 2.45) is 5.16 Å². The quantitative estimate of drug-likeness (QED) is 0.253. The number of hydroxylamine groups is 1. The zero-order valence-corrected chi connectivity index (χ0v) is 21.4. The van der Waals surface area contributed by atoms with Crippen LogP contribution in [0.4, 0.5) is 0 Å². The molecule has 7 nitrogen and oxygen atoms in total. The zero-order chi connectivity index (χ0) is 26.2. The molecule has 1 saturated heterocycles. The molecule has 5 rings (SSSR count). The lowest BCUT2D eigenvalue weighted by molar-refractivity contribution is -0.124. The first kappa shape index (κ1) is 25.7. The molecule has 38 heavy (non-hydrogen) atoms. The average molecular weight is 512 g/mol. The lowest BCUT2D eigenvalue weighted by Crippen LogP contribution is -2.55. The Hall–Kier alpha value is -3.94. The normalized spacial score (nSPS) is 20.3. The van der Waals surface area contributed by atoms with Gasteiger partial charge in [0.1, 0.15) is 18.0 Å². The fraction of sp³-hybridized carbons (Fsp3) is 0.290. The first-order valence-corrected chi connectivity index (χ1v) is 13.1. The number of nitrogens with zero attached hydrogens (tertiary/aromatic N) is 2. The van der Waals surface area contributed by atoms with E-state index < -0.39 is 5.91 Å². The van der Waals surface area contributed by atoms with Crippen LogP contribution in [0.3, 0.4) is 0 Å². The number of carbonyl (C=O) groups is 1. The molecule has 2 aliphatic rings. The number of likely N-dealkylation sites (tertiary alicyclic amines) is 1. The fourth-order valence-corrected chi connectivity index (χ4v) is 5.23. The van der Waals surface area contributed by atoms with Crippen LogP contribution in [0.25, 0.3) is 6.08 Å². The lowest BCUT2D eigenvalue weighted by atomic mass is 9.82. The topological polar surface area (TPSA) is 83.4 Å². The highest BCUT2D eigenvalue weighted by Gasteiger charge is 2.43. The van der Waals surface area contributed by atoms with Crippen molar-refractivity contribution in [3.63, 3.8) is 0 Å². The van der Waals surface area contributed by atoms with Gasteiger partial charge in [-0.1, -0.05) is 71.9 Å². The van der Waals surface area contributed by atoms with Gasteiger partial charge in [0.2, 0.25) is 0 Å². The molecule has 196 valence electrons. The van der Waals surface area contributed by atoms with Crippen molar-refractivity contribution in [3.8, 4) is 5.75 Å². The van der Waals surface area contributed by atoms with Gasteiger partial charge < -0.3 is 9.57 Å². The van der Waals surface area contributed by atoms with E-state index in [2.05, 4.69) is 40.4 Å². The summed E-state index contributed by atoms with van der Waals surface area (Å²) in [5.74, 6) is 0.183. The summed E-state index contributed by atoms with van der Waals surface area (Å²) in [6.07, 6.45) is 6.57. The molecule has 0 saturated carbocycles. The molecule has 0 aliphatic carbocycles. The highest BCUT2D eigenvalue weighted by molar-refractivity contribution is 6.04. The highest BCUT2D eigenvalue weighted by atomic mass is 16.6. The number of benzene rings is 3.